The minimum Gasteiger partial charge on any atom is -0.469 e. The molecule has 0 aromatic carbocycles. The molecule has 4 nitrogen and oxygen atoms in total. The topological polar surface area (TPSA) is 45.5 Å². The maximum atomic E-state index is 12.4. The zero-order chi connectivity index (χ0) is 16.2. The Kier molecular flexibility index (Phi) is 5.18. The monoisotopic (exact) mass is 332 g/mol. The second-order valence-electron chi connectivity index (χ2n) is 6.00. The molecule has 0 spiro atoms. The van der Waals surface area contributed by atoms with Gasteiger partial charge in [0.05, 0.1) is 12.3 Å². The van der Waals surface area contributed by atoms with E-state index in [2.05, 4.69) is 40.9 Å². The first-order valence-corrected chi connectivity index (χ1v) is 9.26. The highest BCUT2D eigenvalue weighted by molar-refractivity contribution is 7.07. The van der Waals surface area contributed by atoms with Crippen LogP contribution in [-0.2, 0) is 4.79 Å². The van der Waals surface area contributed by atoms with Crippen molar-refractivity contribution in [2.24, 2.45) is 5.92 Å². The summed E-state index contributed by atoms with van der Waals surface area (Å²) < 4.78 is 5.41. The second-order valence-corrected chi connectivity index (χ2v) is 6.78. The van der Waals surface area contributed by atoms with Crippen molar-refractivity contribution in [3.63, 3.8) is 0 Å². The van der Waals surface area contributed by atoms with Crippen molar-refractivity contribution in [1.82, 2.24) is 10.2 Å². The van der Waals surface area contributed by atoms with Gasteiger partial charge in [0.25, 0.3) is 0 Å². The number of carbonyl (C=O) groups is 1. The van der Waals surface area contributed by atoms with E-state index in [1.54, 1.807) is 17.6 Å². The van der Waals surface area contributed by atoms with Crippen LogP contribution in [0.3, 0.4) is 0 Å². The van der Waals surface area contributed by atoms with Gasteiger partial charge < -0.3 is 9.73 Å². The molecule has 1 N–H and O–H groups in total. The van der Waals surface area contributed by atoms with Crippen LogP contribution >= 0.6 is 11.3 Å². The van der Waals surface area contributed by atoms with Gasteiger partial charge >= 0.3 is 0 Å². The number of thiophene rings is 1. The Bertz CT molecular complexity index is 605. The molecule has 0 radical (unpaired) electrons. The van der Waals surface area contributed by atoms with Crippen LogP contribution in [0.25, 0.3) is 0 Å². The molecular weight excluding hydrogens is 308 g/mol. The van der Waals surface area contributed by atoms with Gasteiger partial charge in [0.15, 0.2) is 0 Å². The van der Waals surface area contributed by atoms with E-state index < -0.39 is 0 Å². The third-order valence-corrected chi connectivity index (χ3v) is 5.39. The number of nitrogens with zero attached hydrogens (tertiary/aromatic N) is 1. The molecule has 0 aliphatic heterocycles. The third-order valence-electron chi connectivity index (χ3n) is 4.69. The summed E-state index contributed by atoms with van der Waals surface area (Å²) >= 11 is 1.71. The Morgan fingerprint density at radius 2 is 2.26 bits per heavy atom. The van der Waals surface area contributed by atoms with Crippen LogP contribution < -0.4 is 5.32 Å². The van der Waals surface area contributed by atoms with Gasteiger partial charge in [-0.05, 0) is 54.0 Å². The summed E-state index contributed by atoms with van der Waals surface area (Å²) in [5.74, 6) is 1.42. The SMILES string of the molecule is CCN(CC)C(CNC(=O)C1CC1c1ccco1)c1ccsc1. The molecule has 2 aromatic heterocycles. The third kappa shape index (κ3) is 3.67. The van der Waals surface area contributed by atoms with Gasteiger partial charge in [0.2, 0.25) is 5.91 Å². The Hall–Kier alpha value is -1.59. The number of furan rings is 1. The van der Waals surface area contributed by atoms with E-state index in [9.17, 15) is 4.79 Å². The van der Waals surface area contributed by atoms with Crippen LogP contribution in [0, 0.1) is 5.92 Å². The molecular formula is C18H24N2O2S. The zero-order valence-electron chi connectivity index (χ0n) is 13.7. The summed E-state index contributed by atoms with van der Waals surface area (Å²) in [6.45, 7) is 6.95. The van der Waals surface area contributed by atoms with Gasteiger partial charge in [-0.1, -0.05) is 13.8 Å². The average molecular weight is 332 g/mol. The molecule has 2 heterocycles. The molecule has 3 atom stereocenters. The number of hydrogen-bond acceptors (Lipinski definition) is 4. The second kappa shape index (κ2) is 7.32. The van der Waals surface area contributed by atoms with E-state index in [1.807, 2.05) is 12.1 Å². The lowest BCUT2D eigenvalue weighted by Crippen LogP contribution is -2.38. The van der Waals surface area contributed by atoms with E-state index >= 15 is 0 Å². The maximum absolute atomic E-state index is 12.4. The summed E-state index contributed by atoms with van der Waals surface area (Å²) in [5.41, 5.74) is 1.29. The van der Waals surface area contributed by atoms with E-state index in [4.69, 9.17) is 4.42 Å². The number of nitrogens with one attached hydrogen (secondary N) is 1. The summed E-state index contributed by atoms with van der Waals surface area (Å²) in [5, 5.41) is 7.43. The van der Waals surface area contributed by atoms with Crippen LogP contribution in [0.4, 0.5) is 0 Å². The van der Waals surface area contributed by atoms with Crippen molar-refractivity contribution in [2.75, 3.05) is 19.6 Å². The first-order valence-electron chi connectivity index (χ1n) is 8.31. The fourth-order valence-corrected chi connectivity index (χ4v) is 3.92. The predicted octanol–water partition coefficient (Wildman–Crippen LogP) is 3.64. The first kappa shape index (κ1) is 16.3. The van der Waals surface area contributed by atoms with Gasteiger partial charge in [-0.2, -0.15) is 11.3 Å². The standard InChI is InChI=1S/C18H24N2O2S/c1-3-20(4-2)16(13-7-9-23-12-13)11-19-18(21)15-10-14(15)17-6-5-8-22-17/h5-9,12,14-16H,3-4,10-11H2,1-2H3,(H,19,21). The van der Waals surface area contributed by atoms with Crippen molar-refractivity contribution < 1.29 is 9.21 Å². The molecule has 0 saturated heterocycles. The lowest BCUT2D eigenvalue weighted by Gasteiger charge is -2.29. The van der Waals surface area contributed by atoms with Crippen LogP contribution in [-0.4, -0.2) is 30.4 Å². The normalized spacial score (nSPS) is 21.3. The van der Waals surface area contributed by atoms with E-state index in [0.717, 1.165) is 25.3 Å². The van der Waals surface area contributed by atoms with E-state index in [-0.39, 0.29) is 23.8 Å². The van der Waals surface area contributed by atoms with E-state index in [0.29, 0.717) is 6.54 Å². The number of rotatable bonds is 8. The number of amides is 1. The minimum absolute atomic E-state index is 0.0703. The molecule has 3 rings (SSSR count). The molecule has 1 aliphatic rings. The van der Waals surface area contributed by atoms with Gasteiger partial charge in [-0.3, -0.25) is 9.69 Å². The number of likely N-dealkylation sites (N-methyl/N-ethyl adjacent to an activating group) is 1. The van der Waals surface area contributed by atoms with E-state index in [1.165, 1.54) is 5.56 Å². The predicted molar refractivity (Wildman–Crippen MR) is 92.5 cm³/mol. The number of hydrogen-bond donors (Lipinski definition) is 1. The highest BCUT2D eigenvalue weighted by Crippen LogP contribution is 2.47. The maximum Gasteiger partial charge on any atom is 0.223 e. The largest absolute Gasteiger partial charge is 0.469 e. The van der Waals surface area contributed by atoms with Gasteiger partial charge in [0, 0.05) is 18.4 Å². The molecule has 1 fully saturated rings. The van der Waals surface area contributed by atoms with Gasteiger partial charge in [0.1, 0.15) is 5.76 Å². The smallest absolute Gasteiger partial charge is 0.223 e. The van der Waals surface area contributed by atoms with Crippen molar-refractivity contribution in [3.05, 3.63) is 46.5 Å². The Morgan fingerprint density at radius 1 is 1.43 bits per heavy atom. The molecule has 1 saturated carbocycles. The van der Waals surface area contributed by atoms with Crippen molar-refractivity contribution >= 4 is 17.2 Å². The Balaban J connectivity index is 1.58. The molecule has 1 amide bonds. The molecule has 5 heteroatoms. The Morgan fingerprint density at radius 3 is 2.87 bits per heavy atom. The lowest BCUT2D eigenvalue weighted by atomic mass is 10.1. The van der Waals surface area contributed by atoms with Crippen molar-refractivity contribution in [2.45, 2.75) is 32.2 Å². The summed E-state index contributed by atoms with van der Waals surface area (Å²) in [7, 11) is 0. The summed E-state index contributed by atoms with van der Waals surface area (Å²) in [6.07, 6.45) is 2.57. The summed E-state index contributed by atoms with van der Waals surface area (Å²) in [6, 6.07) is 6.25. The van der Waals surface area contributed by atoms with Crippen LogP contribution in [0.15, 0.2) is 39.6 Å². The first-order chi connectivity index (χ1) is 11.2. The lowest BCUT2D eigenvalue weighted by molar-refractivity contribution is -0.122. The zero-order valence-corrected chi connectivity index (χ0v) is 14.5. The quantitative estimate of drug-likeness (QED) is 0.803. The highest BCUT2D eigenvalue weighted by Gasteiger charge is 2.45. The van der Waals surface area contributed by atoms with Crippen LogP contribution in [0.5, 0.6) is 0 Å². The van der Waals surface area contributed by atoms with Crippen LogP contribution in [0.1, 0.15) is 43.6 Å². The molecule has 23 heavy (non-hydrogen) atoms. The minimum atomic E-state index is 0.0703. The number of carbonyl (C=O) groups excluding carboxylic acids is 1. The van der Waals surface area contributed by atoms with Crippen molar-refractivity contribution in [1.29, 1.82) is 0 Å². The molecule has 0 bridgehead atoms. The molecule has 2 aromatic rings. The molecule has 124 valence electrons. The van der Waals surface area contributed by atoms with Gasteiger partial charge in [-0.15, -0.1) is 0 Å². The van der Waals surface area contributed by atoms with Gasteiger partial charge in [-0.25, -0.2) is 0 Å². The summed E-state index contributed by atoms with van der Waals surface area (Å²) in [4.78, 5) is 14.8. The fraction of sp³-hybridized carbons (Fsp3) is 0.500. The molecule has 1 aliphatic carbocycles. The average Bonchev–Trinajstić information content (AvgIpc) is 2.97. The fourth-order valence-electron chi connectivity index (χ4n) is 3.22. The Labute approximate surface area is 141 Å². The highest BCUT2D eigenvalue weighted by atomic mass is 32.1. The molecule has 3 unspecified atom stereocenters. The van der Waals surface area contributed by atoms with Crippen molar-refractivity contribution in [3.8, 4) is 0 Å². The van der Waals surface area contributed by atoms with Crippen LogP contribution in [0.2, 0.25) is 0 Å².